The molecule has 8 heteroatoms. The second-order valence-electron chi connectivity index (χ2n) is 4.54. The number of benzene rings is 1. The number of pyridine rings is 1. The molecule has 0 aliphatic rings. The Hall–Kier alpha value is -2.28. The van der Waals surface area contributed by atoms with E-state index in [-0.39, 0.29) is 10.9 Å². The third kappa shape index (κ3) is 4.59. The Morgan fingerprint density at radius 1 is 1.22 bits per heavy atom. The van der Waals surface area contributed by atoms with E-state index in [9.17, 15) is 18.0 Å². The van der Waals surface area contributed by atoms with Gasteiger partial charge in [-0.25, -0.2) is 4.98 Å². The summed E-state index contributed by atoms with van der Waals surface area (Å²) in [7, 11) is 0. The number of carbonyl (C=O) groups is 1. The first-order valence-corrected chi connectivity index (χ1v) is 6.80. The molecule has 23 heavy (non-hydrogen) atoms. The highest BCUT2D eigenvalue weighted by Crippen LogP contribution is 2.34. The summed E-state index contributed by atoms with van der Waals surface area (Å²) >= 11 is 5.75. The molecular weight excluding hydrogens is 335 g/mol. The zero-order valence-electron chi connectivity index (χ0n) is 11.8. The highest BCUT2D eigenvalue weighted by molar-refractivity contribution is 6.31. The van der Waals surface area contributed by atoms with Crippen LogP contribution in [-0.2, 0) is 11.0 Å². The molecule has 122 valence electrons. The van der Waals surface area contributed by atoms with Crippen molar-refractivity contribution in [3.05, 3.63) is 47.1 Å². The number of halogens is 4. The van der Waals surface area contributed by atoms with Crippen molar-refractivity contribution >= 4 is 17.9 Å². The second-order valence-corrected chi connectivity index (χ2v) is 4.95. The molecule has 1 aromatic carbocycles. The Balaban J connectivity index is 2.12. The molecule has 0 fully saturated rings. The number of rotatable bonds is 5. The Labute approximate surface area is 134 Å². The fourth-order valence-corrected chi connectivity index (χ4v) is 1.80. The zero-order chi connectivity index (χ0) is 17.0. The topological polar surface area (TPSA) is 48.4 Å². The van der Waals surface area contributed by atoms with Gasteiger partial charge in [-0.2, -0.15) is 13.2 Å². The molecule has 0 amide bonds. The zero-order valence-corrected chi connectivity index (χ0v) is 12.6. The number of aldehydes is 1. The lowest BCUT2D eigenvalue weighted by molar-refractivity contribution is -0.137. The number of nitrogens with zero attached hydrogens (tertiary/aromatic N) is 1. The van der Waals surface area contributed by atoms with Crippen molar-refractivity contribution < 1.29 is 27.4 Å². The average Bonchev–Trinajstić information content (AvgIpc) is 2.50. The first-order chi connectivity index (χ1) is 10.8. The molecule has 1 unspecified atom stereocenters. The summed E-state index contributed by atoms with van der Waals surface area (Å²) in [4.78, 5) is 14.1. The van der Waals surface area contributed by atoms with Crippen LogP contribution in [0.15, 0.2) is 36.5 Å². The van der Waals surface area contributed by atoms with E-state index in [1.165, 1.54) is 12.1 Å². The minimum Gasteiger partial charge on any atom is -0.483 e. The number of hydrogen-bond donors (Lipinski definition) is 0. The van der Waals surface area contributed by atoms with E-state index >= 15 is 0 Å². The van der Waals surface area contributed by atoms with Crippen molar-refractivity contribution in [1.29, 1.82) is 0 Å². The molecule has 1 heterocycles. The predicted molar refractivity (Wildman–Crippen MR) is 76.9 cm³/mol. The predicted octanol–water partition coefficient (Wildman–Crippen LogP) is 4.51. The molecule has 4 nitrogen and oxygen atoms in total. The van der Waals surface area contributed by atoms with Gasteiger partial charge in [0, 0.05) is 6.20 Å². The molecule has 0 radical (unpaired) electrons. The van der Waals surface area contributed by atoms with Gasteiger partial charge in [0.05, 0.1) is 5.56 Å². The van der Waals surface area contributed by atoms with E-state index in [2.05, 4.69) is 4.98 Å². The molecule has 2 aromatic rings. The molecule has 0 aliphatic carbocycles. The van der Waals surface area contributed by atoms with E-state index in [4.69, 9.17) is 21.1 Å². The molecule has 0 saturated heterocycles. The maximum atomic E-state index is 12.5. The Kier molecular flexibility index (Phi) is 5.10. The Morgan fingerprint density at radius 2 is 1.83 bits per heavy atom. The van der Waals surface area contributed by atoms with Crippen LogP contribution in [-0.4, -0.2) is 17.4 Å². The normalized spacial score (nSPS) is 12.6. The van der Waals surface area contributed by atoms with Crippen molar-refractivity contribution in [3.63, 3.8) is 0 Å². The van der Waals surface area contributed by atoms with Crippen LogP contribution in [0.4, 0.5) is 13.2 Å². The van der Waals surface area contributed by atoms with Crippen molar-refractivity contribution in [1.82, 2.24) is 4.98 Å². The van der Waals surface area contributed by atoms with E-state index < -0.39 is 17.8 Å². The number of carbonyl (C=O) groups excluding carboxylic acids is 1. The van der Waals surface area contributed by atoms with Crippen LogP contribution < -0.4 is 9.47 Å². The molecule has 1 aromatic heterocycles. The van der Waals surface area contributed by atoms with E-state index in [0.29, 0.717) is 24.0 Å². The monoisotopic (exact) mass is 345 g/mol. The lowest BCUT2D eigenvalue weighted by Gasteiger charge is -2.11. The SMILES string of the molecule is CC(C=O)Oc1ccc(Oc2ncc(C(F)(F)F)cc2Cl)cc1. The summed E-state index contributed by atoms with van der Waals surface area (Å²) in [5.41, 5.74) is -0.957. The van der Waals surface area contributed by atoms with Gasteiger partial charge in [0.2, 0.25) is 5.88 Å². The molecule has 2 rings (SSSR count). The largest absolute Gasteiger partial charge is 0.483 e. The summed E-state index contributed by atoms with van der Waals surface area (Å²) in [5, 5.41) is -0.255. The maximum absolute atomic E-state index is 12.5. The average molecular weight is 346 g/mol. The first-order valence-electron chi connectivity index (χ1n) is 6.42. The summed E-state index contributed by atoms with van der Waals surface area (Å²) in [6.45, 7) is 1.59. The van der Waals surface area contributed by atoms with Crippen molar-refractivity contribution in [3.8, 4) is 17.4 Å². The number of aromatic nitrogens is 1. The fourth-order valence-electron chi connectivity index (χ4n) is 1.60. The van der Waals surface area contributed by atoms with Gasteiger partial charge in [-0.05, 0) is 37.3 Å². The van der Waals surface area contributed by atoms with Gasteiger partial charge in [0.1, 0.15) is 16.5 Å². The van der Waals surface area contributed by atoms with Crippen LogP contribution in [0.5, 0.6) is 17.4 Å². The Morgan fingerprint density at radius 3 is 2.35 bits per heavy atom. The van der Waals surface area contributed by atoms with Crippen LogP contribution in [0.2, 0.25) is 5.02 Å². The molecule has 0 saturated carbocycles. The van der Waals surface area contributed by atoms with Crippen LogP contribution in [0.25, 0.3) is 0 Å². The molecule has 0 aliphatic heterocycles. The molecule has 0 N–H and O–H groups in total. The molecule has 0 bridgehead atoms. The van der Waals surface area contributed by atoms with Crippen LogP contribution in [0, 0.1) is 0 Å². The van der Waals surface area contributed by atoms with Gasteiger partial charge in [0.25, 0.3) is 0 Å². The van der Waals surface area contributed by atoms with Crippen LogP contribution in [0.1, 0.15) is 12.5 Å². The van der Waals surface area contributed by atoms with Gasteiger partial charge in [-0.1, -0.05) is 11.6 Å². The smallest absolute Gasteiger partial charge is 0.417 e. The van der Waals surface area contributed by atoms with Crippen molar-refractivity contribution in [2.75, 3.05) is 0 Å². The Bertz CT molecular complexity index is 689. The van der Waals surface area contributed by atoms with E-state index in [1.54, 1.807) is 19.1 Å². The fraction of sp³-hybridized carbons (Fsp3) is 0.200. The second kappa shape index (κ2) is 6.87. The summed E-state index contributed by atoms with van der Waals surface area (Å²) in [6.07, 6.45) is -3.82. The quantitative estimate of drug-likeness (QED) is 0.748. The van der Waals surface area contributed by atoms with Crippen LogP contribution in [0.3, 0.4) is 0 Å². The molecular formula is C15H11ClF3NO3. The third-order valence-corrected chi connectivity index (χ3v) is 2.96. The number of ether oxygens (including phenoxy) is 2. The number of hydrogen-bond acceptors (Lipinski definition) is 4. The van der Waals surface area contributed by atoms with E-state index in [1.807, 2.05) is 0 Å². The lowest BCUT2D eigenvalue weighted by atomic mass is 10.3. The van der Waals surface area contributed by atoms with Gasteiger partial charge >= 0.3 is 6.18 Å². The van der Waals surface area contributed by atoms with Crippen molar-refractivity contribution in [2.24, 2.45) is 0 Å². The van der Waals surface area contributed by atoms with Gasteiger partial charge in [-0.15, -0.1) is 0 Å². The summed E-state index contributed by atoms with van der Waals surface area (Å²) in [6, 6.07) is 6.87. The molecule has 1 atom stereocenters. The van der Waals surface area contributed by atoms with Gasteiger partial charge in [-0.3, -0.25) is 4.79 Å². The lowest BCUT2D eigenvalue weighted by Crippen LogP contribution is -2.12. The first kappa shape index (κ1) is 17.1. The van der Waals surface area contributed by atoms with Gasteiger partial charge < -0.3 is 9.47 Å². The third-order valence-electron chi connectivity index (χ3n) is 2.69. The summed E-state index contributed by atoms with van der Waals surface area (Å²) in [5.74, 6) is 0.614. The highest BCUT2D eigenvalue weighted by Gasteiger charge is 2.31. The standard InChI is InChI=1S/C15H11ClF3NO3/c1-9(8-21)22-11-2-4-12(5-3-11)23-14-13(16)6-10(7-20-14)15(17,18)19/h2-9H,1H3. The van der Waals surface area contributed by atoms with Crippen LogP contribution >= 0.6 is 11.6 Å². The summed E-state index contributed by atoms with van der Waals surface area (Å²) < 4.78 is 48.2. The number of alkyl halides is 3. The molecule has 0 spiro atoms. The maximum Gasteiger partial charge on any atom is 0.417 e. The van der Waals surface area contributed by atoms with E-state index in [0.717, 1.165) is 6.07 Å². The minimum atomic E-state index is -4.52. The van der Waals surface area contributed by atoms with Gasteiger partial charge in [0.15, 0.2) is 12.4 Å². The highest BCUT2D eigenvalue weighted by atomic mass is 35.5. The van der Waals surface area contributed by atoms with Crippen molar-refractivity contribution in [2.45, 2.75) is 19.2 Å². The minimum absolute atomic E-state index is 0.144.